The van der Waals surface area contributed by atoms with Crippen LogP contribution in [0.1, 0.15) is 18.1 Å². The first kappa shape index (κ1) is 13.8. The van der Waals surface area contributed by atoms with Crippen LogP contribution in [0, 0.1) is 0 Å². The van der Waals surface area contributed by atoms with Crippen LogP contribution < -0.4 is 4.74 Å². The summed E-state index contributed by atoms with van der Waals surface area (Å²) in [6.45, 7) is 6.15. The van der Waals surface area contributed by atoms with E-state index in [0.717, 1.165) is 11.3 Å². The molecule has 0 radical (unpaired) electrons. The molecule has 0 fully saturated rings. The summed E-state index contributed by atoms with van der Waals surface area (Å²) in [6.07, 6.45) is 2.13. The highest BCUT2D eigenvalue weighted by Crippen LogP contribution is 2.44. The lowest BCUT2D eigenvalue weighted by molar-refractivity contribution is 0.312. The molecule has 1 aliphatic heterocycles. The fraction of sp³-hybridized carbons (Fsp3) is 0.0909. The summed E-state index contributed by atoms with van der Waals surface area (Å²) < 4.78 is 6.19. The Labute approximate surface area is 136 Å². The average molecular weight is 298 g/mol. The fourth-order valence-electron chi connectivity index (χ4n) is 3.21. The zero-order valence-electron chi connectivity index (χ0n) is 13.1. The lowest BCUT2D eigenvalue weighted by Crippen LogP contribution is -2.12. The van der Waals surface area contributed by atoms with Gasteiger partial charge in [0.15, 0.2) is 0 Å². The van der Waals surface area contributed by atoms with Crippen molar-refractivity contribution >= 4 is 22.4 Å². The second-order valence-corrected chi connectivity index (χ2v) is 6.01. The van der Waals surface area contributed by atoms with Crippen LogP contribution >= 0.6 is 0 Å². The summed E-state index contributed by atoms with van der Waals surface area (Å²) in [5.41, 5.74) is 4.58. The third kappa shape index (κ3) is 2.35. The van der Waals surface area contributed by atoms with Gasteiger partial charge in [-0.2, -0.15) is 0 Å². The molecule has 3 aromatic rings. The first-order chi connectivity index (χ1) is 11.2. The van der Waals surface area contributed by atoms with E-state index < -0.39 is 0 Å². The van der Waals surface area contributed by atoms with Crippen LogP contribution in [-0.4, -0.2) is 6.10 Å². The van der Waals surface area contributed by atoms with Crippen LogP contribution in [0.5, 0.6) is 5.75 Å². The zero-order chi connectivity index (χ0) is 15.8. The van der Waals surface area contributed by atoms with Gasteiger partial charge in [-0.25, -0.2) is 0 Å². The molecule has 0 saturated carbocycles. The summed E-state index contributed by atoms with van der Waals surface area (Å²) >= 11 is 0. The molecule has 0 spiro atoms. The molecular formula is C22H18O. The lowest BCUT2D eigenvalue weighted by atomic mass is 9.92. The normalized spacial score (nSPS) is 18.0. The van der Waals surface area contributed by atoms with Gasteiger partial charge >= 0.3 is 0 Å². The highest BCUT2D eigenvalue weighted by atomic mass is 16.5. The predicted molar refractivity (Wildman–Crippen MR) is 97.5 cm³/mol. The second-order valence-electron chi connectivity index (χ2n) is 6.01. The number of hydrogen-bond acceptors (Lipinski definition) is 1. The van der Waals surface area contributed by atoms with Crippen LogP contribution in [0.4, 0.5) is 0 Å². The van der Waals surface area contributed by atoms with Crippen molar-refractivity contribution in [3.8, 4) is 5.75 Å². The number of benzene rings is 3. The summed E-state index contributed by atoms with van der Waals surface area (Å²) in [7, 11) is 0. The monoisotopic (exact) mass is 298 g/mol. The van der Waals surface area contributed by atoms with E-state index in [0.29, 0.717) is 0 Å². The number of hydrogen-bond donors (Lipinski definition) is 0. The quantitative estimate of drug-likeness (QED) is 0.550. The molecule has 0 bridgehead atoms. The number of ether oxygens (including phenoxy) is 1. The van der Waals surface area contributed by atoms with Gasteiger partial charge in [-0.05, 0) is 41.0 Å². The Kier molecular flexibility index (Phi) is 3.27. The molecule has 1 aliphatic rings. The molecule has 3 aromatic carbocycles. The molecule has 112 valence electrons. The Balaban J connectivity index is 1.98. The standard InChI is InChI=1S/C22H18O/c1-15(2)22-19(14-16-8-4-3-5-9-16)21-18-11-7-6-10-17(18)12-13-20(21)23-22/h3-14,22H,1H2,2H3/b19-14-. The minimum Gasteiger partial charge on any atom is -0.481 e. The van der Waals surface area contributed by atoms with Gasteiger partial charge in [0, 0.05) is 11.1 Å². The molecule has 23 heavy (non-hydrogen) atoms. The second kappa shape index (κ2) is 5.44. The Morgan fingerprint density at radius 2 is 1.70 bits per heavy atom. The Hall–Kier alpha value is -2.80. The van der Waals surface area contributed by atoms with Gasteiger partial charge in [0.2, 0.25) is 0 Å². The van der Waals surface area contributed by atoms with Gasteiger partial charge < -0.3 is 4.74 Å². The van der Waals surface area contributed by atoms with E-state index in [4.69, 9.17) is 4.74 Å². The van der Waals surface area contributed by atoms with Crippen LogP contribution in [0.2, 0.25) is 0 Å². The molecule has 0 saturated heterocycles. The van der Waals surface area contributed by atoms with Crippen LogP contribution in [0.15, 0.2) is 78.9 Å². The van der Waals surface area contributed by atoms with Crippen molar-refractivity contribution < 1.29 is 4.74 Å². The van der Waals surface area contributed by atoms with Gasteiger partial charge in [-0.15, -0.1) is 0 Å². The fourth-order valence-corrected chi connectivity index (χ4v) is 3.21. The Morgan fingerprint density at radius 3 is 2.48 bits per heavy atom. The molecule has 0 amide bonds. The summed E-state index contributed by atoms with van der Waals surface area (Å²) in [5, 5.41) is 2.46. The largest absolute Gasteiger partial charge is 0.481 e. The summed E-state index contributed by atoms with van der Waals surface area (Å²) in [4.78, 5) is 0. The molecule has 0 aromatic heterocycles. The molecular weight excluding hydrogens is 280 g/mol. The number of rotatable bonds is 2. The topological polar surface area (TPSA) is 9.23 Å². The van der Waals surface area contributed by atoms with Gasteiger partial charge in [0.25, 0.3) is 0 Å². The molecule has 1 unspecified atom stereocenters. The van der Waals surface area contributed by atoms with E-state index in [1.807, 2.05) is 13.0 Å². The van der Waals surface area contributed by atoms with Crippen molar-refractivity contribution in [1.82, 2.24) is 0 Å². The van der Waals surface area contributed by atoms with Crippen LogP contribution in [0.25, 0.3) is 22.4 Å². The highest BCUT2D eigenvalue weighted by molar-refractivity contribution is 6.03. The van der Waals surface area contributed by atoms with E-state index in [9.17, 15) is 0 Å². The van der Waals surface area contributed by atoms with E-state index in [1.54, 1.807) is 0 Å². The van der Waals surface area contributed by atoms with Crippen molar-refractivity contribution in [2.45, 2.75) is 13.0 Å². The molecule has 1 nitrogen and oxygen atoms in total. The summed E-state index contributed by atoms with van der Waals surface area (Å²) in [5.74, 6) is 0.943. The van der Waals surface area contributed by atoms with E-state index >= 15 is 0 Å². The van der Waals surface area contributed by atoms with Crippen molar-refractivity contribution in [2.75, 3.05) is 0 Å². The molecule has 1 heterocycles. The van der Waals surface area contributed by atoms with Crippen molar-refractivity contribution in [2.24, 2.45) is 0 Å². The van der Waals surface area contributed by atoms with Crippen LogP contribution in [0.3, 0.4) is 0 Å². The van der Waals surface area contributed by atoms with Gasteiger partial charge in [-0.1, -0.05) is 67.2 Å². The first-order valence-corrected chi connectivity index (χ1v) is 7.85. The molecule has 1 heteroatoms. The lowest BCUT2D eigenvalue weighted by Gasteiger charge is -2.12. The zero-order valence-corrected chi connectivity index (χ0v) is 13.1. The third-order valence-corrected chi connectivity index (χ3v) is 4.28. The van der Waals surface area contributed by atoms with Crippen molar-refractivity contribution in [3.05, 3.63) is 90.0 Å². The van der Waals surface area contributed by atoms with Crippen molar-refractivity contribution in [3.63, 3.8) is 0 Å². The van der Waals surface area contributed by atoms with E-state index in [2.05, 4.69) is 73.3 Å². The first-order valence-electron chi connectivity index (χ1n) is 7.85. The Bertz CT molecular complexity index is 919. The minimum absolute atomic E-state index is 0.0870. The van der Waals surface area contributed by atoms with E-state index in [1.165, 1.54) is 27.5 Å². The van der Waals surface area contributed by atoms with Crippen LogP contribution in [-0.2, 0) is 0 Å². The van der Waals surface area contributed by atoms with Gasteiger partial charge in [0.05, 0.1) is 0 Å². The maximum atomic E-state index is 6.19. The van der Waals surface area contributed by atoms with E-state index in [-0.39, 0.29) is 6.10 Å². The predicted octanol–water partition coefficient (Wildman–Crippen LogP) is 5.72. The maximum absolute atomic E-state index is 6.19. The molecule has 1 atom stereocenters. The summed E-state index contributed by atoms with van der Waals surface area (Å²) in [6, 6.07) is 23.0. The maximum Gasteiger partial charge on any atom is 0.145 e. The smallest absolute Gasteiger partial charge is 0.145 e. The molecule has 0 N–H and O–H groups in total. The Morgan fingerprint density at radius 1 is 0.957 bits per heavy atom. The average Bonchev–Trinajstić information content (AvgIpc) is 2.95. The van der Waals surface area contributed by atoms with Crippen molar-refractivity contribution in [1.29, 1.82) is 0 Å². The van der Waals surface area contributed by atoms with Gasteiger partial charge in [-0.3, -0.25) is 0 Å². The molecule has 4 rings (SSSR count). The SMILES string of the molecule is C=C(C)C1Oc2ccc3ccccc3c2/C1=C/c1ccccc1. The highest BCUT2D eigenvalue weighted by Gasteiger charge is 2.30. The molecule has 0 aliphatic carbocycles. The number of fused-ring (bicyclic) bond motifs is 3. The minimum atomic E-state index is -0.0870. The van der Waals surface area contributed by atoms with Gasteiger partial charge in [0.1, 0.15) is 11.9 Å². The third-order valence-electron chi connectivity index (χ3n) is 4.28.